The molecule has 0 spiro atoms. The zero-order valence-corrected chi connectivity index (χ0v) is 9.61. The van der Waals surface area contributed by atoms with E-state index >= 15 is 0 Å². The molecule has 2 aromatic carbocycles. The summed E-state index contributed by atoms with van der Waals surface area (Å²) in [7, 11) is 0. The van der Waals surface area contributed by atoms with Crippen molar-refractivity contribution in [2.24, 2.45) is 0 Å². The number of hydrogen-bond donors (Lipinski definition) is 0. The number of halogens is 2. The van der Waals surface area contributed by atoms with Crippen molar-refractivity contribution in [3.63, 3.8) is 0 Å². The van der Waals surface area contributed by atoms with Gasteiger partial charge in [-0.05, 0) is 35.2 Å². The molecule has 0 bridgehead atoms. The highest BCUT2D eigenvalue weighted by atomic mass is 19.2. The molecule has 1 aromatic heterocycles. The normalized spacial score (nSPS) is 11.0. The van der Waals surface area contributed by atoms with E-state index in [-0.39, 0.29) is 0 Å². The van der Waals surface area contributed by atoms with Gasteiger partial charge in [-0.2, -0.15) is 0 Å². The topological polar surface area (TPSA) is 4.93 Å². The van der Waals surface area contributed by atoms with Gasteiger partial charge < -0.3 is 4.57 Å². The lowest BCUT2D eigenvalue weighted by Crippen LogP contribution is -1.99. The van der Waals surface area contributed by atoms with Gasteiger partial charge in [0.15, 0.2) is 11.6 Å². The lowest BCUT2D eigenvalue weighted by Gasteiger charge is -2.06. The van der Waals surface area contributed by atoms with Gasteiger partial charge in [0.2, 0.25) is 0 Å². The molecule has 0 fully saturated rings. The van der Waals surface area contributed by atoms with Gasteiger partial charge in [-0.1, -0.05) is 24.3 Å². The van der Waals surface area contributed by atoms with E-state index in [1.165, 1.54) is 6.07 Å². The largest absolute Gasteiger partial charge is 0.343 e. The molecular formula is C15H11F2N. The first-order valence-electron chi connectivity index (χ1n) is 5.72. The number of nitrogens with zero attached hydrogens (tertiary/aromatic N) is 1. The molecule has 18 heavy (non-hydrogen) atoms. The molecule has 3 aromatic rings. The van der Waals surface area contributed by atoms with Crippen LogP contribution < -0.4 is 0 Å². The first-order valence-corrected chi connectivity index (χ1v) is 5.72. The molecule has 0 unspecified atom stereocenters. The second-order valence-corrected chi connectivity index (χ2v) is 4.25. The number of hydrogen-bond acceptors (Lipinski definition) is 0. The van der Waals surface area contributed by atoms with Crippen LogP contribution in [0.5, 0.6) is 0 Å². The summed E-state index contributed by atoms with van der Waals surface area (Å²) in [4.78, 5) is 0. The molecule has 0 radical (unpaired) electrons. The van der Waals surface area contributed by atoms with Gasteiger partial charge in [0.05, 0.1) is 0 Å². The molecule has 0 aliphatic heterocycles. The summed E-state index contributed by atoms with van der Waals surface area (Å²) in [6.45, 7) is 0.532. The first kappa shape index (κ1) is 11.0. The Labute approximate surface area is 103 Å². The van der Waals surface area contributed by atoms with Crippen molar-refractivity contribution in [1.29, 1.82) is 0 Å². The van der Waals surface area contributed by atoms with Crippen LogP contribution in [0.25, 0.3) is 10.9 Å². The minimum Gasteiger partial charge on any atom is -0.343 e. The molecule has 0 amide bonds. The predicted octanol–water partition coefficient (Wildman–Crippen LogP) is 3.97. The van der Waals surface area contributed by atoms with Crippen LogP contribution in [0.4, 0.5) is 8.78 Å². The first-order chi connectivity index (χ1) is 8.74. The highest BCUT2D eigenvalue weighted by Crippen LogP contribution is 2.17. The van der Waals surface area contributed by atoms with E-state index in [9.17, 15) is 8.78 Å². The summed E-state index contributed by atoms with van der Waals surface area (Å²) in [6.07, 6.45) is 1.95. The molecule has 90 valence electrons. The van der Waals surface area contributed by atoms with Crippen molar-refractivity contribution in [1.82, 2.24) is 4.57 Å². The summed E-state index contributed by atoms with van der Waals surface area (Å²) >= 11 is 0. The second kappa shape index (κ2) is 4.26. The van der Waals surface area contributed by atoms with Gasteiger partial charge in [0.1, 0.15) is 0 Å². The van der Waals surface area contributed by atoms with Gasteiger partial charge in [-0.3, -0.25) is 0 Å². The summed E-state index contributed by atoms with van der Waals surface area (Å²) < 4.78 is 28.0. The molecule has 1 heterocycles. The Morgan fingerprint density at radius 3 is 2.56 bits per heavy atom. The van der Waals surface area contributed by atoms with Crippen LogP contribution in [-0.2, 0) is 6.54 Å². The maximum atomic E-state index is 13.1. The maximum absolute atomic E-state index is 13.1. The lowest BCUT2D eigenvalue weighted by atomic mass is 10.2. The van der Waals surface area contributed by atoms with Gasteiger partial charge >= 0.3 is 0 Å². The number of benzene rings is 2. The van der Waals surface area contributed by atoms with Crippen LogP contribution in [0.15, 0.2) is 54.7 Å². The Balaban J connectivity index is 1.98. The van der Waals surface area contributed by atoms with Crippen LogP contribution in [0.1, 0.15) is 5.56 Å². The Kier molecular flexibility index (Phi) is 2.59. The van der Waals surface area contributed by atoms with E-state index in [0.717, 1.165) is 22.5 Å². The van der Waals surface area contributed by atoms with E-state index in [1.54, 1.807) is 6.07 Å². The van der Waals surface area contributed by atoms with Crippen molar-refractivity contribution in [3.8, 4) is 0 Å². The third-order valence-electron chi connectivity index (χ3n) is 3.02. The molecule has 3 heteroatoms. The minimum absolute atomic E-state index is 0.532. The number of aromatic nitrogens is 1. The van der Waals surface area contributed by atoms with Crippen LogP contribution in [0.2, 0.25) is 0 Å². The van der Waals surface area contributed by atoms with Crippen molar-refractivity contribution in [2.45, 2.75) is 6.54 Å². The van der Waals surface area contributed by atoms with Crippen molar-refractivity contribution < 1.29 is 8.78 Å². The number of fused-ring (bicyclic) bond motifs is 1. The molecule has 0 aliphatic rings. The van der Waals surface area contributed by atoms with Gasteiger partial charge in [0, 0.05) is 18.3 Å². The van der Waals surface area contributed by atoms with E-state index in [1.807, 2.05) is 41.1 Å². The lowest BCUT2D eigenvalue weighted by molar-refractivity contribution is 0.506. The molecule has 1 nitrogen and oxygen atoms in total. The van der Waals surface area contributed by atoms with Gasteiger partial charge in [0.25, 0.3) is 0 Å². The van der Waals surface area contributed by atoms with Crippen LogP contribution >= 0.6 is 0 Å². The summed E-state index contributed by atoms with van der Waals surface area (Å²) in [5.41, 5.74) is 1.83. The SMILES string of the molecule is Fc1ccc(Cn2ccc3ccccc32)cc1F. The molecule has 0 saturated carbocycles. The highest BCUT2D eigenvalue weighted by molar-refractivity contribution is 5.79. The zero-order valence-electron chi connectivity index (χ0n) is 9.61. The fraction of sp³-hybridized carbons (Fsp3) is 0.0667. The van der Waals surface area contributed by atoms with Gasteiger partial charge in [-0.25, -0.2) is 8.78 Å². The average molecular weight is 243 g/mol. The predicted molar refractivity (Wildman–Crippen MR) is 67.4 cm³/mol. The van der Waals surface area contributed by atoms with Crippen LogP contribution in [0.3, 0.4) is 0 Å². The van der Waals surface area contributed by atoms with E-state index in [0.29, 0.717) is 6.54 Å². The fourth-order valence-corrected chi connectivity index (χ4v) is 2.11. The Bertz CT molecular complexity index is 701. The monoisotopic (exact) mass is 243 g/mol. The van der Waals surface area contributed by atoms with Crippen LogP contribution in [-0.4, -0.2) is 4.57 Å². The third kappa shape index (κ3) is 1.88. The molecule has 0 saturated heterocycles. The van der Waals surface area contributed by atoms with Crippen molar-refractivity contribution in [2.75, 3.05) is 0 Å². The molecule has 0 atom stereocenters. The Morgan fingerprint density at radius 1 is 0.889 bits per heavy atom. The highest BCUT2D eigenvalue weighted by Gasteiger charge is 2.04. The second-order valence-electron chi connectivity index (χ2n) is 4.25. The van der Waals surface area contributed by atoms with E-state index < -0.39 is 11.6 Å². The van der Waals surface area contributed by atoms with Gasteiger partial charge in [-0.15, -0.1) is 0 Å². The maximum Gasteiger partial charge on any atom is 0.159 e. The summed E-state index contributed by atoms with van der Waals surface area (Å²) in [5.74, 6) is -1.61. The Morgan fingerprint density at radius 2 is 1.72 bits per heavy atom. The molecular weight excluding hydrogens is 232 g/mol. The van der Waals surface area contributed by atoms with Crippen molar-refractivity contribution in [3.05, 3.63) is 71.9 Å². The molecule has 3 rings (SSSR count). The van der Waals surface area contributed by atoms with Crippen molar-refractivity contribution >= 4 is 10.9 Å². The summed E-state index contributed by atoms with van der Waals surface area (Å²) in [6, 6.07) is 14.0. The molecule has 0 N–H and O–H groups in total. The third-order valence-corrected chi connectivity index (χ3v) is 3.02. The Hall–Kier alpha value is -2.16. The number of rotatable bonds is 2. The zero-order chi connectivity index (χ0) is 12.5. The quantitative estimate of drug-likeness (QED) is 0.642. The molecule has 0 aliphatic carbocycles. The van der Waals surface area contributed by atoms with Crippen LogP contribution in [0, 0.1) is 11.6 Å². The smallest absolute Gasteiger partial charge is 0.159 e. The summed E-state index contributed by atoms with van der Waals surface area (Å²) in [5, 5.41) is 1.14. The fourth-order valence-electron chi connectivity index (χ4n) is 2.11. The standard InChI is InChI=1S/C15H11F2N/c16-13-6-5-11(9-14(13)17)10-18-8-7-12-3-1-2-4-15(12)18/h1-9H,10H2. The minimum atomic E-state index is -0.809. The van der Waals surface area contributed by atoms with E-state index in [2.05, 4.69) is 0 Å². The number of para-hydroxylation sites is 1. The average Bonchev–Trinajstić information content (AvgIpc) is 2.78. The van der Waals surface area contributed by atoms with E-state index in [4.69, 9.17) is 0 Å².